The molecule has 0 aromatic heterocycles. The number of unbranched alkanes of at least 4 members (excludes halogenated alkanes) is 3. The zero-order valence-electron chi connectivity index (χ0n) is 22.5. The third-order valence-electron chi connectivity index (χ3n) is 5.85. The Morgan fingerprint density at radius 3 is 0.824 bits per heavy atom. The van der Waals surface area contributed by atoms with Gasteiger partial charge in [-0.25, -0.2) is 0 Å². The molecule has 0 N–H and O–H groups in total. The van der Waals surface area contributed by atoms with Gasteiger partial charge in [0.25, 0.3) is 0 Å². The van der Waals surface area contributed by atoms with E-state index in [1.54, 1.807) is 0 Å². The van der Waals surface area contributed by atoms with Crippen molar-refractivity contribution >= 4 is 24.1 Å². The van der Waals surface area contributed by atoms with Crippen LogP contribution in [0.5, 0.6) is 0 Å². The van der Waals surface area contributed by atoms with E-state index in [1.807, 2.05) is 0 Å². The zero-order valence-corrected chi connectivity index (χ0v) is 26.5. The van der Waals surface area contributed by atoms with Crippen molar-refractivity contribution in [2.24, 2.45) is 17.8 Å². The molecule has 0 aliphatic carbocycles. The first kappa shape index (κ1) is 41.8. The van der Waals surface area contributed by atoms with Crippen LogP contribution < -0.4 is 14.7 Å². The van der Waals surface area contributed by atoms with Gasteiger partial charge in [0, 0.05) is 17.8 Å². The fourth-order valence-corrected chi connectivity index (χ4v) is 5.97. The van der Waals surface area contributed by atoms with Gasteiger partial charge in [0.1, 0.15) is 18.5 Å². The Bertz CT molecular complexity index is 417. The molecule has 0 saturated carbocycles. The van der Waals surface area contributed by atoms with Gasteiger partial charge in [-0.2, -0.15) is 0 Å². The topological polar surface area (TPSA) is 120 Å². The molecule has 1 radical (unpaired) electrons. The summed E-state index contributed by atoms with van der Waals surface area (Å²) >= 11 is 0. The van der Waals surface area contributed by atoms with Crippen molar-refractivity contribution in [3.63, 3.8) is 0 Å². The molecule has 0 aliphatic heterocycles. The molecule has 0 fully saturated rings. The summed E-state index contributed by atoms with van der Waals surface area (Å²) in [6.07, 6.45) is 14.2. The first-order valence-corrected chi connectivity index (χ1v) is 17.0. The van der Waals surface area contributed by atoms with Crippen molar-refractivity contribution in [1.29, 1.82) is 0 Å². The Labute approximate surface area is 224 Å². The van der Waals surface area contributed by atoms with Gasteiger partial charge in [0.15, 0.2) is 0 Å². The van der Waals surface area contributed by atoms with Crippen molar-refractivity contribution < 1.29 is 45.7 Å². The van der Waals surface area contributed by atoms with Crippen LogP contribution in [0.1, 0.15) is 119 Å². The van der Waals surface area contributed by atoms with Gasteiger partial charge in [0.2, 0.25) is 0 Å². The second-order valence-electron chi connectivity index (χ2n) is 8.80. The van der Waals surface area contributed by atoms with Gasteiger partial charge in [-0.15, -0.1) is 0 Å². The van der Waals surface area contributed by atoms with E-state index < -0.39 is 24.1 Å². The van der Waals surface area contributed by atoms with Crippen molar-refractivity contribution in [2.75, 3.05) is 18.5 Å². The van der Waals surface area contributed by atoms with E-state index in [-0.39, 0.29) is 17.4 Å². The Kier molecular flexibility index (Phi) is 39.0. The predicted octanol–water partition coefficient (Wildman–Crippen LogP) is 6.91. The Morgan fingerprint density at radius 2 is 0.706 bits per heavy atom. The molecule has 34 heavy (non-hydrogen) atoms. The van der Waals surface area contributed by atoms with Crippen molar-refractivity contribution in [1.82, 2.24) is 0 Å². The van der Waals surface area contributed by atoms with Crippen LogP contribution in [0, 0.1) is 17.8 Å². The summed E-state index contributed by atoms with van der Waals surface area (Å²) in [6.45, 7) is 12.6. The van der Waals surface area contributed by atoms with E-state index in [1.165, 1.54) is 0 Å². The van der Waals surface area contributed by atoms with Gasteiger partial charge >= 0.3 is 41.4 Å². The van der Waals surface area contributed by atoms with Crippen LogP contribution in [-0.4, -0.2) is 18.5 Å². The second-order valence-corrected chi connectivity index (χ2v) is 11.9. The average molecular weight is 581 g/mol. The fourth-order valence-electron chi connectivity index (χ4n) is 3.38. The minimum atomic E-state index is -2.16. The number of hydrogen-bond donors (Lipinski definition) is 0. The average Bonchev–Trinajstić information content (AvgIpc) is 2.77. The Morgan fingerprint density at radius 1 is 0.500 bits per heavy atom. The van der Waals surface area contributed by atoms with Crippen LogP contribution >= 0.6 is 24.1 Å². The third kappa shape index (κ3) is 34.9. The summed E-state index contributed by atoms with van der Waals surface area (Å²) < 4.78 is 31.1. The quantitative estimate of drug-likeness (QED) is 0.162. The van der Waals surface area contributed by atoms with Gasteiger partial charge in [0.05, 0.1) is 0 Å². The van der Waals surface area contributed by atoms with Crippen LogP contribution in [0.4, 0.5) is 0 Å². The monoisotopic (exact) mass is 580 g/mol. The molecule has 0 aromatic rings. The summed E-state index contributed by atoms with van der Waals surface area (Å²) in [5.74, 6) is 1.20. The van der Waals surface area contributed by atoms with E-state index in [2.05, 4.69) is 41.5 Å². The molecule has 201 valence electrons. The molecular formula is C24H51CrO6P3+3. The first-order chi connectivity index (χ1) is 15.6. The van der Waals surface area contributed by atoms with E-state index in [4.69, 9.17) is 0 Å². The molecule has 6 nitrogen and oxygen atoms in total. The van der Waals surface area contributed by atoms with Crippen LogP contribution in [0.2, 0.25) is 0 Å². The van der Waals surface area contributed by atoms with E-state index in [0.717, 1.165) is 77.0 Å². The molecule has 0 rings (SSSR count). The van der Waals surface area contributed by atoms with E-state index in [0.29, 0.717) is 36.2 Å². The van der Waals surface area contributed by atoms with Crippen LogP contribution in [-0.2, 0) is 31.1 Å². The summed E-state index contributed by atoms with van der Waals surface area (Å²) in [4.78, 5) is 31.1. The molecule has 0 heterocycles. The van der Waals surface area contributed by atoms with Crippen molar-refractivity contribution in [2.45, 2.75) is 119 Å². The summed E-state index contributed by atoms with van der Waals surface area (Å²) in [5, 5.41) is 0. The third-order valence-corrected chi connectivity index (χ3v) is 8.30. The van der Waals surface area contributed by atoms with Crippen molar-refractivity contribution in [3.8, 4) is 0 Å². The van der Waals surface area contributed by atoms with Gasteiger partial charge in [-0.05, 0) is 38.5 Å². The zero-order chi connectivity index (χ0) is 26.1. The maximum atomic E-state index is 10.4. The minimum absolute atomic E-state index is 0. The normalized spacial score (nSPS) is 14.2. The Hall–Kier alpha value is 0.712. The summed E-state index contributed by atoms with van der Waals surface area (Å²) in [5.41, 5.74) is 0. The number of hydrogen-bond acceptors (Lipinski definition) is 6. The second kappa shape index (κ2) is 31.7. The standard InChI is InChI=1S/3C8H17O2P.Cr/c3*1-3-5-6-8(4-2)7-11(9)10;/h3*8H,3-7H2,1-2H3;/q;;;+3. The van der Waals surface area contributed by atoms with Gasteiger partial charge < -0.3 is 14.7 Å². The summed E-state index contributed by atoms with van der Waals surface area (Å²) in [6, 6.07) is 0. The molecule has 6 atom stereocenters. The molecular weight excluding hydrogens is 529 g/mol. The minimum Gasteiger partial charge on any atom is -0.596 e. The molecule has 10 heteroatoms. The molecule has 0 spiro atoms. The summed E-state index contributed by atoms with van der Waals surface area (Å²) in [7, 11) is -6.49. The van der Waals surface area contributed by atoms with E-state index >= 15 is 0 Å². The van der Waals surface area contributed by atoms with Gasteiger partial charge in [-0.3, -0.25) is 0 Å². The predicted molar refractivity (Wildman–Crippen MR) is 137 cm³/mol. The van der Waals surface area contributed by atoms with Crippen LogP contribution in [0.3, 0.4) is 0 Å². The Balaban J connectivity index is -0.000000196. The SMILES string of the molecule is CCCCC(CC)C[P+](=O)[O-].CCCCC(CC)C[P+](=O)[O-].CCCCC(CC)C[P+](=O)[O-].[Cr+3]. The molecule has 6 unspecified atom stereocenters. The fraction of sp³-hybridized carbons (Fsp3) is 1.00. The van der Waals surface area contributed by atoms with Crippen LogP contribution in [0.15, 0.2) is 0 Å². The first-order valence-electron chi connectivity index (χ1n) is 13.0. The molecule has 0 aliphatic rings. The maximum Gasteiger partial charge on any atom is 3.00 e. The maximum absolute atomic E-state index is 10.4. The van der Waals surface area contributed by atoms with Gasteiger partial charge in [-0.1, -0.05) is 93.8 Å². The smallest absolute Gasteiger partial charge is 0.596 e. The van der Waals surface area contributed by atoms with E-state index in [9.17, 15) is 28.4 Å². The number of rotatable bonds is 18. The molecule has 0 saturated heterocycles. The molecule has 0 bridgehead atoms. The van der Waals surface area contributed by atoms with Crippen LogP contribution in [0.25, 0.3) is 0 Å². The molecule has 0 amide bonds. The largest absolute Gasteiger partial charge is 3.00 e. The van der Waals surface area contributed by atoms with Crippen molar-refractivity contribution in [3.05, 3.63) is 0 Å². The molecule has 0 aromatic carbocycles.